The van der Waals surface area contributed by atoms with E-state index in [4.69, 9.17) is 0 Å². The van der Waals surface area contributed by atoms with Gasteiger partial charge in [0.05, 0.1) is 6.04 Å². The van der Waals surface area contributed by atoms with Gasteiger partial charge in [0.15, 0.2) is 5.78 Å². The maximum atomic E-state index is 12.1. The normalized spacial score (nSPS) is 19.5. The van der Waals surface area contributed by atoms with E-state index in [0.29, 0.717) is 5.56 Å². The Labute approximate surface area is 113 Å². The van der Waals surface area contributed by atoms with E-state index in [2.05, 4.69) is 10.6 Å². The van der Waals surface area contributed by atoms with Crippen molar-refractivity contribution in [2.75, 3.05) is 11.9 Å². The van der Waals surface area contributed by atoms with Gasteiger partial charge >= 0.3 is 0 Å². The smallest absolute Gasteiger partial charge is 0.241 e. The van der Waals surface area contributed by atoms with Crippen LogP contribution in [-0.2, 0) is 4.79 Å². The maximum absolute atomic E-state index is 12.1. The van der Waals surface area contributed by atoms with Crippen molar-refractivity contribution < 1.29 is 9.59 Å². The first-order valence-corrected chi connectivity index (χ1v) is 6.82. The molecule has 0 bridgehead atoms. The quantitative estimate of drug-likeness (QED) is 0.820. The molecule has 0 radical (unpaired) electrons. The van der Waals surface area contributed by atoms with Gasteiger partial charge in [-0.25, -0.2) is 0 Å². The molecule has 1 aromatic carbocycles. The van der Waals surface area contributed by atoms with E-state index in [1.165, 1.54) is 13.3 Å². The minimum absolute atomic E-state index is 0.0116. The summed E-state index contributed by atoms with van der Waals surface area (Å²) in [5.74, 6) is 0.0424. The van der Waals surface area contributed by atoms with Crippen LogP contribution in [0.15, 0.2) is 24.3 Å². The number of ketones is 1. The lowest BCUT2D eigenvalue weighted by Gasteiger charge is -2.15. The van der Waals surface area contributed by atoms with Crippen LogP contribution in [0, 0.1) is 0 Å². The number of carbonyl (C=O) groups excluding carboxylic acids is 2. The van der Waals surface area contributed by atoms with Crippen LogP contribution in [0.3, 0.4) is 0 Å². The van der Waals surface area contributed by atoms with E-state index in [0.717, 1.165) is 31.5 Å². The molecule has 1 saturated heterocycles. The van der Waals surface area contributed by atoms with Crippen molar-refractivity contribution in [3.8, 4) is 0 Å². The van der Waals surface area contributed by atoms with Crippen LogP contribution in [0.4, 0.5) is 5.69 Å². The van der Waals surface area contributed by atoms with Crippen molar-refractivity contribution in [1.82, 2.24) is 5.32 Å². The molecule has 1 amide bonds. The topological polar surface area (TPSA) is 58.2 Å². The number of carbonyl (C=O) groups is 2. The third-order valence-electron chi connectivity index (χ3n) is 3.44. The minimum Gasteiger partial charge on any atom is -0.325 e. The molecular weight excluding hydrogens is 240 g/mol. The number of anilines is 1. The first kappa shape index (κ1) is 13.7. The molecule has 0 aromatic heterocycles. The van der Waals surface area contributed by atoms with Gasteiger partial charge < -0.3 is 10.6 Å². The molecule has 4 nitrogen and oxygen atoms in total. The number of hydrogen-bond acceptors (Lipinski definition) is 3. The largest absolute Gasteiger partial charge is 0.325 e. The lowest BCUT2D eigenvalue weighted by molar-refractivity contribution is -0.118. The maximum Gasteiger partial charge on any atom is 0.241 e. The second kappa shape index (κ2) is 6.48. The second-order valence-electron chi connectivity index (χ2n) is 4.98. The summed E-state index contributed by atoms with van der Waals surface area (Å²) in [5, 5.41) is 6.16. The van der Waals surface area contributed by atoms with E-state index in [1.807, 2.05) is 0 Å². The molecule has 0 saturated carbocycles. The molecule has 1 aromatic rings. The molecule has 0 aliphatic carbocycles. The van der Waals surface area contributed by atoms with Gasteiger partial charge in [-0.2, -0.15) is 0 Å². The molecule has 1 unspecified atom stereocenters. The fraction of sp³-hybridized carbons (Fsp3) is 0.467. The van der Waals surface area contributed by atoms with E-state index >= 15 is 0 Å². The highest BCUT2D eigenvalue weighted by Gasteiger charge is 2.19. The Morgan fingerprint density at radius 1 is 1.16 bits per heavy atom. The fourth-order valence-corrected chi connectivity index (χ4v) is 2.27. The molecule has 4 heteroatoms. The van der Waals surface area contributed by atoms with Crippen molar-refractivity contribution >= 4 is 17.4 Å². The van der Waals surface area contributed by atoms with Gasteiger partial charge in [0, 0.05) is 11.3 Å². The molecule has 19 heavy (non-hydrogen) atoms. The first-order chi connectivity index (χ1) is 9.16. The number of benzene rings is 1. The number of rotatable bonds is 3. The zero-order valence-electron chi connectivity index (χ0n) is 11.2. The molecule has 1 fully saturated rings. The molecular formula is C15H20N2O2. The summed E-state index contributed by atoms with van der Waals surface area (Å²) in [6.45, 7) is 2.43. The highest BCUT2D eigenvalue weighted by atomic mass is 16.2. The van der Waals surface area contributed by atoms with Crippen LogP contribution in [-0.4, -0.2) is 24.3 Å². The molecule has 1 heterocycles. The predicted octanol–water partition coefficient (Wildman–Crippen LogP) is 2.36. The van der Waals surface area contributed by atoms with Crippen LogP contribution in [0.2, 0.25) is 0 Å². The lowest BCUT2D eigenvalue weighted by Crippen LogP contribution is -2.39. The second-order valence-corrected chi connectivity index (χ2v) is 4.98. The van der Waals surface area contributed by atoms with Gasteiger partial charge in [0.25, 0.3) is 0 Å². The SMILES string of the molecule is CC(=O)c1ccc(NC(=O)C2CCCCCN2)cc1. The Kier molecular flexibility index (Phi) is 4.68. The number of nitrogens with one attached hydrogen (secondary N) is 2. The monoisotopic (exact) mass is 260 g/mol. The minimum atomic E-state index is -0.102. The summed E-state index contributed by atoms with van der Waals surface area (Å²) in [6, 6.07) is 6.91. The first-order valence-electron chi connectivity index (χ1n) is 6.82. The zero-order valence-corrected chi connectivity index (χ0v) is 11.2. The van der Waals surface area contributed by atoms with Gasteiger partial charge in [-0.1, -0.05) is 12.8 Å². The van der Waals surface area contributed by atoms with Crippen LogP contribution in [0.25, 0.3) is 0 Å². The Morgan fingerprint density at radius 2 is 1.89 bits per heavy atom. The van der Waals surface area contributed by atoms with Crippen molar-refractivity contribution in [3.05, 3.63) is 29.8 Å². The van der Waals surface area contributed by atoms with Gasteiger partial charge in [-0.3, -0.25) is 9.59 Å². The highest BCUT2D eigenvalue weighted by molar-refractivity contribution is 5.97. The highest BCUT2D eigenvalue weighted by Crippen LogP contribution is 2.13. The Hall–Kier alpha value is -1.68. The number of amides is 1. The molecule has 0 spiro atoms. The molecule has 1 aliphatic heterocycles. The van der Waals surface area contributed by atoms with Crippen LogP contribution < -0.4 is 10.6 Å². The molecule has 102 valence electrons. The van der Waals surface area contributed by atoms with Crippen LogP contribution in [0.1, 0.15) is 43.0 Å². The van der Waals surface area contributed by atoms with Gasteiger partial charge in [-0.15, -0.1) is 0 Å². The summed E-state index contributed by atoms with van der Waals surface area (Å²) in [4.78, 5) is 23.3. The standard InChI is InChI=1S/C15H20N2O2/c1-11(18)12-6-8-13(9-7-12)17-15(19)14-5-3-2-4-10-16-14/h6-9,14,16H,2-5,10H2,1H3,(H,17,19). The summed E-state index contributed by atoms with van der Waals surface area (Å²) in [7, 11) is 0. The van der Waals surface area contributed by atoms with Crippen molar-refractivity contribution in [2.24, 2.45) is 0 Å². The van der Waals surface area contributed by atoms with Crippen LogP contribution >= 0.6 is 0 Å². The summed E-state index contributed by atoms with van der Waals surface area (Å²) < 4.78 is 0. The summed E-state index contributed by atoms with van der Waals surface area (Å²) in [6.07, 6.45) is 4.30. The number of hydrogen-bond donors (Lipinski definition) is 2. The number of Topliss-reactive ketones (excluding diaryl/α,β-unsaturated/α-hetero) is 1. The molecule has 2 rings (SSSR count). The van der Waals surface area contributed by atoms with E-state index in [1.54, 1.807) is 24.3 Å². The third-order valence-corrected chi connectivity index (χ3v) is 3.44. The Morgan fingerprint density at radius 3 is 2.58 bits per heavy atom. The summed E-state index contributed by atoms with van der Waals surface area (Å²) >= 11 is 0. The molecule has 2 N–H and O–H groups in total. The zero-order chi connectivity index (χ0) is 13.7. The van der Waals surface area contributed by atoms with Gasteiger partial charge in [0.2, 0.25) is 5.91 Å². The average Bonchev–Trinajstić information content (AvgIpc) is 2.68. The third kappa shape index (κ3) is 3.89. The van der Waals surface area contributed by atoms with Crippen molar-refractivity contribution in [1.29, 1.82) is 0 Å². The lowest BCUT2D eigenvalue weighted by atomic mass is 10.1. The Bertz CT molecular complexity index is 446. The van der Waals surface area contributed by atoms with Crippen molar-refractivity contribution in [3.63, 3.8) is 0 Å². The fourth-order valence-electron chi connectivity index (χ4n) is 2.27. The molecule has 1 atom stereocenters. The van der Waals surface area contributed by atoms with Crippen molar-refractivity contribution in [2.45, 2.75) is 38.6 Å². The van der Waals surface area contributed by atoms with E-state index in [9.17, 15) is 9.59 Å². The summed E-state index contributed by atoms with van der Waals surface area (Å²) in [5.41, 5.74) is 1.40. The van der Waals surface area contributed by atoms with Gasteiger partial charge in [-0.05, 0) is 50.6 Å². The average molecular weight is 260 g/mol. The predicted molar refractivity (Wildman–Crippen MR) is 75.3 cm³/mol. The molecule has 1 aliphatic rings. The Balaban J connectivity index is 1.95. The van der Waals surface area contributed by atoms with E-state index < -0.39 is 0 Å². The van der Waals surface area contributed by atoms with Crippen LogP contribution in [0.5, 0.6) is 0 Å². The van der Waals surface area contributed by atoms with Gasteiger partial charge in [0.1, 0.15) is 0 Å². The van der Waals surface area contributed by atoms with E-state index in [-0.39, 0.29) is 17.7 Å².